The fourth-order valence-electron chi connectivity index (χ4n) is 0.693. The number of nitrogens with one attached hydrogen (secondary N) is 1. The van der Waals surface area contributed by atoms with Crippen LogP contribution in [0, 0.1) is 6.92 Å². The second-order valence-corrected chi connectivity index (χ2v) is 4.58. The molecular weight excluding hydrogens is 218 g/mol. The van der Waals surface area contributed by atoms with Crippen molar-refractivity contribution >= 4 is 16.1 Å². The lowest BCUT2D eigenvalue weighted by molar-refractivity contribution is 0.201. The fourth-order valence-corrected chi connectivity index (χ4v) is 1.01. The number of carboxylic acid groups (broad SMARTS) is 1. The van der Waals surface area contributed by atoms with Gasteiger partial charge in [-0.2, -0.15) is 0 Å². The molecule has 0 aliphatic rings. The van der Waals surface area contributed by atoms with Gasteiger partial charge in [-0.3, -0.25) is 0 Å². The standard InChI is InChI=1S/C7H8.C2H5NO4S/c1-7-5-3-2-4-6-7;1-8(6,7)3-2(4)5/h2-6H,1H3;3H,1H3,(H,4,5). The van der Waals surface area contributed by atoms with Crippen molar-refractivity contribution in [2.75, 3.05) is 6.26 Å². The Hall–Kier alpha value is -1.56. The molecule has 84 valence electrons. The number of hydrogen-bond donors (Lipinski definition) is 2. The zero-order valence-electron chi connectivity index (χ0n) is 8.47. The van der Waals surface area contributed by atoms with E-state index < -0.39 is 16.1 Å². The number of carbonyl (C=O) groups is 1. The van der Waals surface area contributed by atoms with Crippen molar-refractivity contribution in [3.8, 4) is 0 Å². The topological polar surface area (TPSA) is 83.5 Å². The van der Waals surface area contributed by atoms with E-state index in [1.807, 2.05) is 18.2 Å². The van der Waals surface area contributed by atoms with Crippen LogP contribution in [0.3, 0.4) is 0 Å². The minimum atomic E-state index is -3.57. The van der Waals surface area contributed by atoms with E-state index in [1.54, 1.807) is 0 Å². The average Bonchev–Trinajstić information content (AvgIpc) is 2.01. The van der Waals surface area contributed by atoms with E-state index in [0.717, 1.165) is 6.26 Å². The van der Waals surface area contributed by atoms with Crippen LogP contribution in [-0.4, -0.2) is 25.9 Å². The molecule has 1 aromatic rings. The molecule has 0 saturated heterocycles. The van der Waals surface area contributed by atoms with Gasteiger partial charge in [-0.15, -0.1) is 0 Å². The second kappa shape index (κ2) is 6.02. The Morgan fingerprint density at radius 2 is 1.73 bits per heavy atom. The van der Waals surface area contributed by atoms with Crippen LogP contribution < -0.4 is 4.72 Å². The Bertz CT molecular complexity index is 399. The molecule has 1 rings (SSSR count). The lowest BCUT2D eigenvalue weighted by Crippen LogP contribution is -2.27. The third kappa shape index (κ3) is 10.4. The molecule has 0 unspecified atom stereocenters. The molecule has 0 radical (unpaired) electrons. The van der Waals surface area contributed by atoms with Gasteiger partial charge in [0.25, 0.3) is 0 Å². The maximum absolute atomic E-state index is 9.95. The Morgan fingerprint density at radius 3 is 1.87 bits per heavy atom. The molecular formula is C9H13NO4S. The van der Waals surface area contributed by atoms with Gasteiger partial charge in [-0.05, 0) is 6.92 Å². The van der Waals surface area contributed by atoms with Crippen LogP contribution in [0.5, 0.6) is 0 Å². The van der Waals surface area contributed by atoms with Gasteiger partial charge in [-0.25, -0.2) is 17.9 Å². The maximum Gasteiger partial charge on any atom is 0.418 e. The van der Waals surface area contributed by atoms with Crippen LogP contribution in [0.1, 0.15) is 5.56 Å². The normalized spacial score (nSPS) is 9.73. The fraction of sp³-hybridized carbons (Fsp3) is 0.222. The van der Waals surface area contributed by atoms with Crippen LogP contribution in [0.15, 0.2) is 30.3 Å². The minimum absolute atomic E-state index is 0.765. The van der Waals surface area contributed by atoms with E-state index in [9.17, 15) is 13.2 Å². The molecule has 0 aliphatic carbocycles. The summed E-state index contributed by atoms with van der Waals surface area (Å²) in [6, 6.07) is 10.3. The number of rotatable bonds is 1. The third-order valence-electron chi connectivity index (χ3n) is 1.21. The third-order valence-corrected chi connectivity index (χ3v) is 1.76. The zero-order chi connectivity index (χ0) is 11.9. The summed E-state index contributed by atoms with van der Waals surface area (Å²) in [4.78, 5) is 9.52. The molecule has 0 saturated carbocycles. The average molecular weight is 231 g/mol. The first-order valence-electron chi connectivity index (χ1n) is 4.03. The number of aryl methyl sites for hydroxylation is 1. The predicted octanol–water partition coefficient (Wildman–Crippen LogP) is 1.21. The molecule has 1 amide bonds. The van der Waals surface area contributed by atoms with E-state index in [2.05, 4.69) is 19.1 Å². The van der Waals surface area contributed by atoms with E-state index in [-0.39, 0.29) is 0 Å². The summed E-state index contributed by atoms with van der Waals surface area (Å²) in [7, 11) is -3.57. The first-order valence-corrected chi connectivity index (χ1v) is 5.93. The Kier molecular flexibility index (Phi) is 5.40. The molecule has 6 heteroatoms. The second-order valence-electron chi connectivity index (χ2n) is 2.83. The Balaban J connectivity index is 0.000000262. The van der Waals surface area contributed by atoms with Gasteiger partial charge in [0.15, 0.2) is 0 Å². The van der Waals surface area contributed by atoms with Crippen molar-refractivity contribution < 1.29 is 18.3 Å². The summed E-state index contributed by atoms with van der Waals surface area (Å²) in [6.45, 7) is 2.08. The molecule has 0 spiro atoms. The molecule has 0 bridgehead atoms. The molecule has 0 atom stereocenters. The first kappa shape index (κ1) is 13.4. The quantitative estimate of drug-likeness (QED) is 0.761. The van der Waals surface area contributed by atoms with Gasteiger partial charge in [0, 0.05) is 0 Å². The summed E-state index contributed by atoms with van der Waals surface area (Å²) < 4.78 is 21.2. The van der Waals surface area contributed by atoms with Gasteiger partial charge in [0.2, 0.25) is 10.0 Å². The molecule has 0 aromatic heterocycles. The summed E-state index contributed by atoms with van der Waals surface area (Å²) in [5.74, 6) is 0. The number of benzene rings is 1. The highest BCUT2D eigenvalue weighted by molar-refractivity contribution is 7.89. The Morgan fingerprint density at radius 1 is 1.27 bits per heavy atom. The van der Waals surface area contributed by atoms with Crippen molar-refractivity contribution in [3.63, 3.8) is 0 Å². The van der Waals surface area contributed by atoms with Crippen molar-refractivity contribution in [1.29, 1.82) is 0 Å². The number of amides is 1. The smallest absolute Gasteiger partial charge is 0.418 e. The predicted molar refractivity (Wildman–Crippen MR) is 57.2 cm³/mol. The van der Waals surface area contributed by atoms with Gasteiger partial charge in [-0.1, -0.05) is 35.9 Å². The van der Waals surface area contributed by atoms with Gasteiger partial charge < -0.3 is 5.11 Å². The highest BCUT2D eigenvalue weighted by atomic mass is 32.2. The van der Waals surface area contributed by atoms with E-state index in [1.165, 1.54) is 10.3 Å². The summed E-state index contributed by atoms with van der Waals surface area (Å²) >= 11 is 0. The number of sulfonamides is 1. The minimum Gasteiger partial charge on any atom is -0.464 e. The van der Waals surface area contributed by atoms with Gasteiger partial charge in [0.05, 0.1) is 6.26 Å². The highest BCUT2D eigenvalue weighted by Gasteiger charge is 2.02. The number of hydrogen-bond acceptors (Lipinski definition) is 3. The zero-order valence-corrected chi connectivity index (χ0v) is 9.28. The lowest BCUT2D eigenvalue weighted by atomic mass is 10.2. The monoisotopic (exact) mass is 231 g/mol. The summed E-state index contributed by atoms with van der Waals surface area (Å²) in [5.41, 5.74) is 1.32. The Labute approximate surface area is 88.8 Å². The van der Waals surface area contributed by atoms with Crippen LogP contribution >= 0.6 is 0 Å². The van der Waals surface area contributed by atoms with Crippen LogP contribution in [0.2, 0.25) is 0 Å². The molecule has 0 aliphatic heterocycles. The van der Waals surface area contributed by atoms with E-state index in [0.29, 0.717) is 0 Å². The molecule has 0 heterocycles. The summed E-state index contributed by atoms with van der Waals surface area (Å²) in [5, 5.41) is 7.76. The van der Waals surface area contributed by atoms with E-state index >= 15 is 0 Å². The van der Waals surface area contributed by atoms with Crippen LogP contribution in [0.4, 0.5) is 4.79 Å². The van der Waals surface area contributed by atoms with Crippen molar-refractivity contribution in [2.45, 2.75) is 6.92 Å². The highest BCUT2D eigenvalue weighted by Crippen LogP contribution is 1.92. The largest absolute Gasteiger partial charge is 0.464 e. The van der Waals surface area contributed by atoms with E-state index in [4.69, 9.17) is 5.11 Å². The first-order chi connectivity index (χ1) is 6.81. The maximum atomic E-state index is 9.95. The lowest BCUT2D eigenvalue weighted by Gasteiger charge is -1.91. The van der Waals surface area contributed by atoms with Gasteiger partial charge >= 0.3 is 6.09 Å². The SMILES string of the molecule is CS(=O)(=O)NC(=O)O.Cc1ccccc1. The summed E-state index contributed by atoms with van der Waals surface area (Å²) in [6.07, 6.45) is -0.797. The molecule has 0 fully saturated rings. The van der Waals surface area contributed by atoms with Crippen molar-refractivity contribution in [2.24, 2.45) is 0 Å². The molecule has 2 N–H and O–H groups in total. The van der Waals surface area contributed by atoms with Crippen molar-refractivity contribution in [1.82, 2.24) is 4.72 Å². The molecule has 5 nitrogen and oxygen atoms in total. The molecule has 1 aromatic carbocycles. The van der Waals surface area contributed by atoms with Crippen LogP contribution in [-0.2, 0) is 10.0 Å². The van der Waals surface area contributed by atoms with Crippen LogP contribution in [0.25, 0.3) is 0 Å². The van der Waals surface area contributed by atoms with Gasteiger partial charge in [0.1, 0.15) is 0 Å². The van der Waals surface area contributed by atoms with Crippen molar-refractivity contribution in [3.05, 3.63) is 35.9 Å². The molecule has 15 heavy (non-hydrogen) atoms.